The van der Waals surface area contributed by atoms with Crippen molar-refractivity contribution in [2.24, 2.45) is 5.10 Å². The first-order valence-electron chi connectivity index (χ1n) is 7.59. The first kappa shape index (κ1) is 17.7. The Morgan fingerprint density at radius 2 is 2.17 bits per heavy atom. The Morgan fingerprint density at radius 3 is 2.83 bits per heavy atom. The van der Waals surface area contributed by atoms with Crippen molar-refractivity contribution >= 4 is 18.0 Å². The summed E-state index contributed by atoms with van der Waals surface area (Å²) >= 11 is 0. The maximum absolute atomic E-state index is 11.7. The largest absolute Gasteiger partial charge is 0.497 e. The second-order valence-electron chi connectivity index (χ2n) is 5.15. The molecular formula is C16H21N3O5. The molecule has 1 aliphatic rings. The molecule has 0 saturated carbocycles. The number of amides is 2. The third-order valence-electron chi connectivity index (χ3n) is 3.53. The molecule has 24 heavy (non-hydrogen) atoms. The van der Waals surface area contributed by atoms with Gasteiger partial charge in [0, 0.05) is 24.8 Å². The summed E-state index contributed by atoms with van der Waals surface area (Å²) in [6, 6.07) is 5.16. The fourth-order valence-electron chi connectivity index (χ4n) is 2.23. The molecule has 0 spiro atoms. The number of rotatable bonds is 6. The van der Waals surface area contributed by atoms with Crippen LogP contribution in [0, 0.1) is 0 Å². The molecular weight excluding hydrogens is 314 g/mol. The van der Waals surface area contributed by atoms with Crippen LogP contribution in [0.2, 0.25) is 0 Å². The van der Waals surface area contributed by atoms with Crippen molar-refractivity contribution in [1.82, 2.24) is 10.7 Å². The fourth-order valence-corrected chi connectivity index (χ4v) is 2.23. The Labute approximate surface area is 140 Å². The van der Waals surface area contributed by atoms with E-state index < -0.39 is 11.8 Å². The van der Waals surface area contributed by atoms with Crippen molar-refractivity contribution in [3.8, 4) is 11.5 Å². The molecule has 2 N–H and O–H groups in total. The number of nitrogens with one attached hydrogen (secondary N) is 2. The Balaban J connectivity index is 1.83. The molecule has 1 aromatic carbocycles. The van der Waals surface area contributed by atoms with Crippen molar-refractivity contribution in [2.75, 3.05) is 27.4 Å². The van der Waals surface area contributed by atoms with E-state index in [1.54, 1.807) is 25.3 Å². The fraction of sp³-hybridized carbons (Fsp3) is 0.438. The number of nitrogens with zero attached hydrogens (tertiary/aromatic N) is 1. The van der Waals surface area contributed by atoms with E-state index in [0.29, 0.717) is 30.2 Å². The first-order chi connectivity index (χ1) is 11.6. The Bertz CT molecular complexity index is 612. The van der Waals surface area contributed by atoms with Crippen LogP contribution >= 0.6 is 0 Å². The van der Waals surface area contributed by atoms with Gasteiger partial charge in [0.15, 0.2) is 0 Å². The summed E-state index contributed by atoms with van der Waals surface area (Å²) in [6.45, 7) is 1.02. The second-order valence-corrected chi connectivity index (χ2v) is 5.15. The van der Waals surface area contributed by atoms with Crippen LogP contribution in [0.4, 0.5) is 0 Å². The molecule has 130 valence electrons. The van der Waals surface area contributed by atoms with E-state index in [0.717, 1.165) is 12.8 Å². The second kappa shape index (κ2) is 8.88. The van der Waals surface area contributed by atoms with Gasteiger partial charge >= 0.3 is 11.8 Å². The molecule has 1 fully saturated rings. The molecule has 1 saturated heterocycles. The highest BCUT2D eigenvalue weighted by molar-refractivity contribution is 6.35. The van der Waals surface area contributed by atoms with Gasteiger partial charge in [-0.05, 0) is 25.0 Å². The van der Waals surface area contributed by atoms with Gasteiger partial charge in [-0.1, -0.05) is 0 Å². The van der Waals surface area contributed by atoms with E-state index >= 15 is 0 Å². The minimum absolute atomic E-state index is 0.0196. The van der Waals surface area contributed by atoms with Crippen LogP contribution in [0.5, 0.6) is 11.5 Å². The van der Waals surface area contributed by atoms with Crippen LogP contribution in [-0.4, -0.2) is 51.5 Å². The Hall–Kier alpha value is -2.61. The number of hydrogen-bond acceptors (Lipinski definition) is 6. The highest BCUT2D eigenvalue weighted by Gasteiger charge is 2.18. The number of ether oxygens (including phenoxy) is 3. The maximum Gasteiger partial charge on any atom is 0.329 e. The molecule has 1 atom stereocenters. The van der Waals surface area contributed by atoms with Crippen molar-refractivity contribution in [3.05, 3.63) is 23.8 Å². The molecule has 1 aliphatic heterocycles. The van der Waals surface area contributed by atoms with Crippen LogP contribution in [0.15, 0.2) is 23.3 Å². The molecule has 0 unspecified atom stereocenters. The van der Waals surface area contributed by atoms with E-state index in [-0.39, 0.29) is 6.10 Å². The maximum atomic E-state index is 11.7. The van der Waals surface area contributed by atoms with Gasteiger partial charge in [0.2, 0.25) is 0 Å². The smallest absolute Gasteiger partial charge is 0.329 e. The third-order valence-corrected chi connectivity index (χ3v) is 3.53. The Kier molecular flexibility index (Phi) is 6.56. The summed E-state index contributed by atoms with van der Waals surface area (Å²) < 4.78 is 15.7. The molecule has 8 heteroatoms. The standard InChI is InChI=1S/C16H21N3O5/c1-22-12-6-5-11(14(8-12)23-2)9-18-19-16(21)15(20)17-10-13-4-3-7-24-13/h5-6,8-9,13H,3-4,7,10H2,1-2H3,(H,17,20)(H,19,21)/b18-9-/t13-/m1/s1. The molecule has 2 amide bonds. The molecule has 0 bridgehead atoms. The highest BCUT2D eigenvalue weighted by Crippen LogP contribution is 2.22. The number of hydrogen-bond donors (Lipinski definition) is 2. The minimum atomic E-state index is -0.836. The predicted octanol–water partition coefficient (Wildman–Crippen LogP) is 0.449. The van der Waals surface area contributed by atoms with Crippen molar-refractivity contribution in [3.63, 3.8) is 0 Å². The Morgan fingerprint density at radius 1 is 1.33 bits per heavy atom. The average Bonchev–Trinajstić information content (AvgIpc) is 3.13. The van der Waals surface area contributed by atoms with Gasteiger partial charge in [-0.25, -0.2) is 5.43 Å². The molecule has 0 aromatic heterocycles. The number of methoxy groups -OCH3 is 2. The van der Waals surface area contributed by atoms with E-state index in [1.165, 1.54) is 13.3 Å². The highest BCUT2D eigenvalue weighted by atomic mass is 16.5. The van der Waals surface area contributed by atoms with E-state index in [4.69, 9.17) is 14.2 Å². The van der Waals surface area contributed by atoms with E-state index in [9.17, 15) is 9.59 Å². The summed E-state index contributed by atoms with van der Waals surface area (Å²) in [4.78, 5) is 23.3. The zero-order valence-electron chi connectivity index (χ0n) is 13.7. The molecule has 0 aliphatic carbocycles. The van der Waals surface area contributed by atoms with Crippen LogP contribution < -0.4 is 20.2 Å². The molecule has 0 radical (unpaired) electrons. The predicted molar refractivity (Wildman–Crippen MR) is 87.3 cm³/mol. The van der Waals surface area contributed by atoms with Gasteiger partial charge in [-0.3, -0.25) is 9.59 Å². The molecule has 2 rings (SSSR count). The van der Waals surface area contributed by atoms with Crippen molar-refractivity contribution in [2.45, 2.75) is 18.9 Å². The summed E-state index contributed by atoms with van der Waals surface area (Å²) in [5.41, 5.74) is 2.81. The molecule has 8 nitrogen and oxygen atoms in total. The normalized spacial score (nSPS) is 16.8. The lowest BCUT2D eigenvalue weighted by molar-refractivity contribution is -0.139. The molecule has 1 aromatic rings. The number of carbonyl (C=O) groups excluding carboxylic acids is 2. The zero-order chi connectivity index (χ0) is 17.4. The lowest BCUT2D eigenvalue weighted by Crippen LogP contribution is -2.41. The quantitative estimate of drug-likeness (QED) is 0.447. The first-order valence-corrected chi connectivity index (χ1v) is 7.59. The topological polar surface area (TPSA) is 98.2 Å². The van der Waals surface area contributed by atoms with Crippen LogP contribution in [0.3, 0.4) is 0 Å². The minimum Gasteiger partial charge on any atom is -0.497 e. The lowest BCUT2D eigenvalue weighted by atomic mass is 10.2. The van der Waals surface area contributed by atoms with Gasteiger partial charge in [-0.15, -0.1) is 0 Å². The monoisotopic (exact) mass is 335 g/mol. The van der Waals surface area contributed by atoms with Crippen LogP contribution in [-0.2, 0) is 14.3 Å². The zero-order valence-corrected chi connectivity index (χ0v) is 13.7. The van der Waals surface area contributed by atoms with E-state index in [1.807, 2.05) is 0 Å². The van der Waals surface area contributed by atoms with Gasteiger partial charge in [0.05, 0.1) is 26.5 Å². The number of hydrazone groups is 1. The van der Waals surface area contributed by atoms with Gasteiger partial charge in [0.1, 0.15) is 11.5 Å². The van der Waals surface area contributed by atoms with E-state index in [2.05, 4.69) is 15.8 Å². The summed E-state index contributed by atoms with van der Waals surface area (Å²) in [5.74, 6) is -0.405. The number of benzene rings is 1. The van der Waals surface area contributed by atoms with Gasteiger partial charge < -0.3 is 19.5 Å². The summed E-state index contributed by atoms with van der Waals surface area (Å²) in [5, 5.41) is 6.29. The van der Waals surface area contributed by atoms with Gasteiger partial charge in [0.25, 0.3) is 0 Å². The van der Waals surface area contributed by atoms with Crippen molar-refractivity contribution in [1.29, 1.82) is 0 Å². The average molecular weight is 335 g/mol. The summed E-state index contributed by atoms with van der Waals surface area (Å²) in [7, 11) is 3.07. The lowest BCUT2D eigenvalue weighted by Gasteiger charge is -2.09. The molecule has 1 heterocycles. The van der Waals surface area contributed by atoms with Crippen LogP contribution in [0.25, 0.3) is 0 Å². The third kappa shape index (κ3) is 4.95. The van der Waals surface area contributed by atoms with Crippen molar-refractivity contribution < 1.29 is 23.8 Å². The van der Waals surface area contributed by atoms with Crippen LogP contribution in [0.1, 0.15) is 18.4 Å². The summed E-state index contributed by atoms with van der Waals surface area (Å²) in [6.07, 6.45) is 3.23. The number of carbonyl (C=O) groups is 2. The SMILES string of the molecule is COc1ccc(/C=N\NC(=O)C(=O)NC[C@H]2CCCO2)c(OC)c1. The van der Waals surface area contributed by atoms with Gasteiger partial charge in [-0.2, -0.15) is 5.10 Å².